The highest BCUT2D eigenvalue weighted by Gasteiger charge is 2.14. The Labute approximate surface area is 119 Å². The highest BCUT2D eigenvalue weighted by Crippen LogP contribution is 2.24. The molecule has 0 heterocycles. The van der Waals surface area contributed by atoms with Gasteiger partial charge >= 0.3 is 0 Å². The Bertz CT molecular complexity index is 431. The normalized spacial score (nSPS) is 12.3. The molecule has 106 valence electrons. The van der Waals surface area contributed by atoms with Crippen LogP contribution in [0, 0.1) is 17.6 Å². The lowest BCUT2D eigenvalue weighted by Crippen LogP contribution is -2.16. The van der Waals surface area contributed by atoms with Crippen LogP contribution < -0.4 is 11.1 Å². The highest BCUT2D eigenvalue weighted by atomic mass is 79.9. The summed E-state index contributed by atoms with van der Waals surface area (Å²) in [4.78, 5) is 11.6. The van der Waals surface area contributed by atoms with E-state index in [1.165, 1.54) is 0 Å². The number of carbonyl (C=O) groups is 1. The van der Waals surface area contributed by atoms with Gasteiger partial charge in [-0.05, 0) is 37.4 Å². The predicted molar refractivity (Wildman–Crippen MR) is 74.8 cm³/mol. The fraction of sp³-hybridized carbons (Fsp3) is 0.462. The van der Waals surface area contributed by atoms with E-state index in [-0.39, 0.29) is 10.9 Å². The van der Waals surface area contributed by atoms with E-state index < -0.39 is 23.2 Å². The van der Waals surface area contributed by atoms with Crippen LogP contribution in [0.1, 0.15) is 26.2 Å². The van der Waals surface area contributed by atoms with E-state index in [1.807, 2.05) is 6.92 Å². The van der Waals surface area contributed by atoms with E-state index >= 15 is 0 Å². The molecule has 3 nitrogen and oxygen atoms in total. The number of anilines is 1. The van der Waals surface area contributed by atoms with Crippen molar-refractivity contribution < 1.29 is 13.6 Å². The molecular weight excluding hydrogens is 318 g/mol. The number of rotatable bonds is 6. The van der Waals surface area contributed by atoms with Crippen molar-refractivity contribution in [1.82, 2.24) is 0 Å². The third-order valence-electron chi connectivity index (χ3n) is 2.79. The quantitative estimate of drug-likeness (QED) is 0.837. The third kappa shape index (κ3) is 5.24. The van der Waals surface area contributed by atoms with Crippen molar-refractivity contribution in [3.63, 3.8) is 0 Å². The molecule has 0 bridgehead atoms. The Morgan fingerprint density at radius 1 is 1.37 bits per heavy atom. The van der Waals surface area contributed by atoms with Crippen LogP contribution in [-0.4, -0.2) is 12.5 Å². The average Bonchev–Trinajstić information content (AvgIpc) is 2.31. The summed E-state index contributed by atoms with van der Waals surface area (Å²) in [5.41, 5.74) is 5.01. The van der Waals surface area contributed by atoms with Gasteiger partial charge in [-0.25, -0.2) is 8.78 Å². The van der Waals surface area contributed by atoms with Crippen LogP contribution in [0.4, 0.5) is 14.5 Å². The van der Waals surface area contributed by atoms with Gasteiger partial charge in [0.05, 0.1) is 0 Å². The summed E-state index contributed by atoms with van der Waals surface area (Å²) >= 11 is 2.98. The molecule has 0 spiro atoms. The molecule has 0 aromatic heterocycles. The van der Waals surface area contributed by atoms with Crippen molar-refractivity contribution >= 4 is 27.5 Å². The average molecular weight is 335 g/mol. The van der Waals surface area contributed by atoms with Crippen LogP contribution in [0.25, 0.3) is 0 Å². The van der Waals surface area contributed by atoms with Gasteiger partial charge in [0.15, 0.2) is 11.6 Å². The summed E-state index contributed by atoms with van der Waals surface area (Å²) in [5.74, 6) is -1.68. The lowest BCUT2D eigenvalue weighted by Gasteiger charge is -2.11. The minimum atomic E-state index is -0.796. The van der Waals surface area contributed by atoms with E-state index in [0.29, 0.717) is 18.9 Å². The van der Waals surface area contributed by atoms with E-state index in [9.17, 15) is 13.6 Å². The minimum absolute atomic E-state index is 0.218. The number of carbonyl (C=O) groups excluding carboxylic acids is 1. The van der Waals surface area contributed by atoms with E-state index in [4.69, 9.17) is 5.73 Å². The second kappa shape index (κ2) is 7.55. The van der Waals surface area contributed by atoms with Gasteiger partial charge in [-0.2, -0.15) is 0 Å². The maximum atomic E-state index is 13.5. The fourth-order valence-corrected chi connectivity index (χ4v) is 2.07. The number of hydrogen-bond acceptors (Lipinski definition) is 2. The van der Waals surface area contributed by atoms with Crippen LogP contribution >= 0.6 is 15.9 Å². The molecule has 3 N–H and O–H groups in total. The number of amides is 1. The first-order chi connectivity index (χ1) is 8.93. The molecule has 0 fully saturated rings. The van der Waals surface area contributed by atoms with Crippen LogP contribution in [0.15, 0.2) is 16.6 Å². The van der Waals surface area contributed by atoms with Gasteiger partial charge in [0.25, 0.3) is 0 Å². The second-order valence-electron chi connectivity index (χ2n) is 4.51. The molecule has 1 rings (SSSR count). The van der Waals surface area contributed by atoms with Gasteiger partial charge in [-0.15, -0.1) is 0 Å². The molecule has 0 radical (unpaired) electrons. The van der Waals surface area contributed by atoms with Crippen molar-refractivity contribution in [2.75, 3.05) is 11.9 Å². The highest BCUT2D eigenvalue weighted by molar-refractivity contribution is 9.10. The van der Waals surface area contributed by atoms with Gasteiger partial charge in [0.2, 0.25) is 5.91 Å². The van der Waals surface area contributed by atoms with E-state index in [2.05, 4.69) is 21.2 Å². The largest absolute Gasteiger partial charge is 0.330 e. The molecule has 0 aliphatic carbocycles. The summed E-state index contributed by atoms with van der Waals surface area (Å²) in [6.45, 7) is 2.56. The Hall–Kier alpha value is -1.01. The topological polar surface area (TPSA) is 55.1 Å². The number of benzene rings is 1. The first kappa shape index (κ1) is 16.0. The molecule has 19 heavy (non-hydrogen) atoms. The van der Waals surface area contributed by atoms with Crippen LogP contribution in [-0.2, 0) is 4.79 Å². The number of nitrogens with one attached hydrogen (secondary N) is 1. The Balaban J connectivity index is 2.58. The Morgan fingerprint density at radius 2 is 1.95 bits per heavy atom. The SMILES string of the molecule is CC(CCN)CCC(=O)Nc1c(F)cc(Br)cc1F. The van der Waals surface area contributed by atoms with Crippen LogP contribution in [0.3, 0.4) is 0 Å². The summed E-state index contributed by atoms with van der Waals surface area (Å²) in [6.07, 6.45) is 1.69. The summed E-state index contributed by atoms with van der Waals surface area (Å²) in [5, 5.41) is 2.26. The van der Waals surface area contributed by atoms with Crippen molar-refractivity contribution in [2.45, 2.75) is 26.2 Å². The number of hydrogen-bond donors (Lipinski definition) is 2. The molecule has 0 saturated carbocycles. The van der Waals surface area contributed by atoms with Crippen LogP contribution in [0.2, 0.25) is 0 Å². The van der Waals surface area contributed by atoms with Gasteiger partial charge in [-0.1, -0.05) is 22.9 Å². The van der Waals surface area contributed by atoms with Gasteiger partial charge < -0.3 is 11.1 Å². The summed E-state index contributed by atoms with van der Waals surface area (Å²) in [6, 6.07) is 2.21. The molecular formula is C13H17BrF2N2O. The summed E-state index contributed by atoms with van der Waals surface area (Å²) in [7, 11) is 0. The smallest absolute Gasteiger partial charge is 0.224 e. The molecule has 1 atom stereocenters. The first-order valence-corrected chi connectivity index (χ1v) is 6.87. The molecule has 1 aromatic rings. The number of nitrogens with two attached hydrogens (primary N) is 1. The third-order valence-corrected chi connectivity index (χ3v) is 3.25. The van der Waals surface area contributed by atoms with Gasteiger partial charge in [0, 0.05) is 10.9 Å². The molecule has 1 unspecified atom stereocenters. The molecule has 0 saturated heterocycles. The zero-order valence-electron chi connectivity index (χ0n) is 10.7. The minimum Gasteiger partial charge on any atom is -0.330 e. The molecule has 0 aliphatic rings. The van der Waals surface area contributed by atoms with Gasteiger partial charge in [-0.3, -0.25) is 4.79 Å². The first-order valence-electron chi connectivity index (χ1n) is 6.08. The fourth-order valence-electron chi connectivity index (χ4n) is 1.67. The molecule has 0 aliphatic heterocycles. The predicted octanol–water partition coefficient (Wildman–Crippen LogP) is 3.43. The summed E-state index contributed by atoms with van der Waals surface area (Å²) < 4.78 is 27.3. The van der Waals surface area contributed by atoms with Crippen molar-refractivity contribution in [3.8, 4) is 0 Å². The van der Waals surface area contributed by atoms with Crippen molar-refractivity contribution in [2.24, 2.45) is 11.7 Å². The van der Waals surface area contributed by atoms with E-state index in [1.54, 1.807) is 0 Å². The molecule has 1 amide bonds. The van der Waals surface area contributed by atoms with Crippen molar-refractivity contribution in [1.29, 1.82) is 0 Å². The maximum absolute atomic E-state index is 13.5. The standard InChI is InChI=1S/C13H17BrF2N2O/c1-8(4-5-17)2-3-12(19)18-13-10(15)6-9(14)7-11(13)16/h6-8H,2-5,17H2,1H3,(H,18,19). The zero-order chi connectivity index (χ0) is 14.4. The van der Waals surface area contributed by atoms with Crippen molar-refractivity contribution in [3.05, 3.63) is 28.2 Å². The lowest BCUT2D eigenvalue weighted by molar-refractivity contribution is -0.116. The lowest BCUT2D eigenvalue weighted by atomic mass is 10.0. The van der Waals surface area contributed by atoms with Crippen LogP contribution in [0.5, 0.6) is 0 Å². The zero-order valence-corrected chi connectivity index (χ0v) is 12.3. The Morgan fingerprint density at radius 3 is 2.47 bits per heavy atom. The maximum Gasteiger partial charge on any atom is 0.224 e. The van der Waals surface area contributed by atoms with Gasteiger partial charge in [0.1, 0.15) is 5.69 Å². The Kier molecular flexibility index (Phi) is 6.37. The molecule has 1 aromatic carbocycles. The molecule has 6 heteroatoms. The monoisotopic (exact) mass is 334 g/mol. The van der Waals surface area contributed by atoms with E-state index in [0.717, 1.165) is 18.6 Å². The number of halogens is 3. The second-order valence-corrected chi connectivity index (χ2v) is 5.43.